The van der Waals surface area contributed by atoms with Crippen LogP contribution in [0.15, 0.2) is 30.3 Å². The summed E-state index contributed by atoms with van der Waals surface area (Å²) in [5, 5.41) is 3.31. The predicted octanol–water partition coefficient (Wildman–Crippen LogP) is 2.25. The number of hydrogen-bond acceptors (Lipinski definition) is 4. The molecule has 2 amide bonds. The fourth-order valence-electron chi connectivity index (χ4n) is 3.71. The topological polar surface area (TPSA) is 61.9 Å². The van der Waals surface area contributed by atoms with E-state index in [1.54, 1.807) is 4.90 Å². The van der Waals surface area contributed by atoms with Crippen LogP contribution in [0.1, 0.15) is 31.7 Å². The van der Waals surface area contributed by atoms with Crippen molar-refractivity contribution in [3.05, 3.63) is 35.9 Å². The van der Waals surface area contributed by atoms with Crippen LogP contribution in [-0.2, 0) is 16.1 Å². The Morgan fingerprint density at radius 1 is 1.15 bits per heavy atom. The molecule has 1 N–H and O–H groups in total. The number of likely N-dealkylation sites (tertiary alicyclic amines) is 1. The summed E-state index contributed by atoms with van der Waals surface area (Å²) in [6.45, 7) is 6.28. The number of nitrogens with one attached hydrogen (secondary N) is 1. The molecule has 6 heteroatoms. The zero-order valence-electron chi connectivity index (χ0n) is 15.5. The van der Waals surface area contributed by atoms with E-state index in [2.05, 4.69) is 12.2 Å². The first-order chi connectivity index (χ1) is 12.6. The van der Waals surface area contributed by atoms with Gasteiger partial charge in [-0.25, -0.2) is 4.79 Å². The summed E-state index contributed by atoms with van der Waals surface area (Å²) in [4.78, 5) is 28.5. The number of hydrogen-bond donors (Lipinski definition) is 1. The molecule has 1 aromatic carbocycles. The van der Waals surface area contributed by atoms with E-state index in [0.29, 0.717) is 32.0 Å². The third-order valence-corrected chi connectivity index (χ3v) is 5.36. The molecule has 0 unspecified atom stereocenters. The van der Waals surface area contributed by atoms with Crippen LogP contribution in [0, 0.1) is 5.92 Å². The molecule has 2 saturated heterocycles. The Morgan fingerprint density at radius 3 is 2.58 bits per heavy atom. The highest BCUT2D eigenvalue weighted by atomic mass is 16.6. The SMILES string of the molecule is C[C@H]1CNCCN1C(=O)CC1CCN(C(=O)OCc2ccccc2)CC1. The van der Waals surface area contributed by atoms with Crippen molar-refractivity contribution >= 4 is 12.0 Å². The second-order valence-corrected chi connectivity index (χ2v) is 7.32. The Morgan fingerprint density at radius 2 is 1.88 bits per heavy atom. The van der Waals surface area contributed by atoms with Gasteiger partial charge in [-0.05, 0) is 31.2 Å². The van der Waals surface area contributed by atoms with Gasteiger partial charge in [-0.3, -0.25) is 4.79 Å². The van der Waals surface area contributed by atoms with Gasteiger partial charge in [0.1, 0.15) is 6.61 Å². The molecule has 0 aliphatic carbocycles. The summed E-state index contributed by atoms with van der Waals surface area (Å²) in [5.74, 6) is 0.617. The van der Waals surface area contributed by atoms with Crippen LogP contribution >= 0.6 is 0 Å². The average Bonchev–Trinajstić information content (AvgIpc) is 2.68. The number of nitrogens with zero attached hydrogens (tertiary/aromatic N) is 2. The molecule has 2 fully saturated rings. The minimum atomic E-state index is -0.255. The second-order valence-electron chi connectivity index (χ2n) is 7.32. The van der Waals surface area contributed by atoms with Crippen LogP contribution in [0.4, 0.5) is 4.79 Å². The maximum Gasteiger partial charge on any atom is 0.410 e. The maximum absolute atomic E-state index is 12.5. The maximum atomic E-state index is 12.5. The van der Waals surface area contributed by atoms with Crippen molar-refractivity contribution in [3.63, 3.8) is 0 Å². The van der Waals surface area contributed by atoms with Gasteiger partial charge in [0, 0.05) is 45.2 Å². The van der Waals surface area contributed by atoms with Gasteiger partial charge in [-0.1, -0.05) is 30.3 Å². The van der Waals surface area contributed by atoms with Crippen molar-refractivity contribution in [2.24, 2.45) is 5.92 Å². The Hall–Kier alpha value is -2.08. The summed E-state index contributed by atoms with van der Waals surface area (Å²) >= 11 is 0. The number of piperidine rings is 1. The van der Waals surface area contributed by atoms with E-state index in [1.807, 2.05) is 35.2 Å². The van der Waals surface area contributed by atoms with Crippen molar-refractivity contribution in [1.82, 2.24) is 15.1 Å². The molecule has 0 spiro atoms. The first-order valence-corrected chi connectivity index (χ1v) is 9.59. The molecule has 1 atom stereocenters. The molecule has 6 nitrogen and oxygen atoms in total. The first kappa shape index (κ1) is 18.7. The molecule has 2 aliphatic heterocycles. The second kappa shape index (κ2) is 9.03. The molecule has 2 aliphatic rings. The lowest BCUT2D eigenvalue weighted by Crippen LogP contribution is -2.52. The van der Waals surface area contributed by atoms with E-state index in [1.165, 1.54) is 0 Å². The summed E-state index contributed by atoms with van der Waals surface area (Å²) in [6, 6.07) is 9.98. The van der Waals surface area contributed by atoms with Crippen molar-refractivity contribution in [2.45, 2.75) is 38.8 Å². The van der Waals surface area contributed by atoms with Crippen LogP contribution in [-0.4, -0.2) is 60.6 Å². The van der Waals surface area contributed by atoms with Crippen molar-refractivity contribution < 1.29 is 14.3 Å². The highest BCUT2D eigenvalue weighted by Crippen LogP contribution is 2.23. The number of carbonyl (C=O) groups excluding carboxylic acids is 2. The Kier molecular flexibility index (Phi) is 6.50. The van der Waals surface area contributed by atoms with Crippen molar-refractivity contribution in [1.29, 1.82) is 0 Å². The van der Waals surface area contributed by atoms with Crippen LogP contribution in [0.2, 0.25) is 0 Å². The third kappa shape index (κ3) is 4.97. The minimum absolute atomic E-state index is 0.254. The van der Waals surface area contributed by atoms with E-state index >= 15 is 0 Å². The molecule has 1 aromatic rings. The quantitative estimate of drug-likeness (QED) is 0.896. The van der Waals surface area contributed by atoms with Crippen LogP contribution in [0.3, 0.4) is 0 Å². The smallest absolute Gasteiger partial charge is 0.410 e. The van der Waals surface area contributed by atoms with Crippen molar-refractivity contribution in [2.75, 3.05) is 32.7 Å². The molecular weight excluding hydrogens is 330 g/mol. The number of piperazine rings is 1. The van der Waals surface area contributed by atoms with Gasteiger partial charge < -0.3 is 19.9 Å². The molecule has 0 saturated carbocycles. The van der Waals surface area contributed by atoms with Gasteiger partial charge in [0.05, 0.1) is 0 Å². The van der Waals surface area contributed by atoms with Gasteiger partial charge in [-0.15, -0.1) is 0 Å². The largest absolute Gasteiger partial charge is 0.445 e. The van der Waals surface area contributed by atoms with Crippen LogP contribution < -0.4 is 5.32 Å². The molecule has 2 heterocycles. The molecule has 3 rings (SSSR count). The molecule has 142 valence electrons. The van der Waals surface area contributed by atoms with E-state index in [-0.39, 0.29) is 18.0 Å². The van der Waals surface area contributed by atoms with E-state index < -0.39 is 0 Å². The monoisotopic (exact) mass is 359 g/mol. The summed E-state index contributed by atoms with van der Waals surface area (Å²) < 4.78 is 5.40. The van der Waals surface area contributed by atoms with E-state index in [0.717, 1.165) is 38.0 Å². The summed E-state index contributed by atoms with van der Waals surface area (Å²) in [5.41, 5.74) is 0.992. The molecule has 0 aromatic heterocycles. The fraction of sp³-hybridized carbons (Fsp3) is 0.600. The standard InChI is InChI=1S/C20H29N3O3/c1-16-14-21-9-12-23(16)19(24)13-17-7-10-22(11-8-17)20(25)26-15-18-5-3-2-4-6-18/h2-6,16-17,21H,7-15H2,1H3/t16-/m0/s1. The molecule has 26 heavy (non-hydrogen) atoms. The average molecular weight is 359 g/mol. The van der Waals surface area contributed by atoms with Gasteiger partial charge in [0.25, 0.3) is 0 Å². The Balaban J connectivity index is 1.39. The third-order valence-electron chi connectivity index (χ3n) is 5.36. The molecule has 0 bridgehead atoms. The molecule has 0 radical (unpaired) electrons. The predicted molar refractivity (Wildman–Crippen MR) is 99.6 cm³/mol. The molecular formula is C20H29N3O3. The summed E-state index contributed by atoms with van der Waals surface area (Å²) in [6.07, 6.45) is 2.07. The highest BCUT2D eigenvalue weighted by Gasteiger charge is 2.29. The van der Waals surface area contributed by atoms with Gasteiger partial charge in [0.2, 0.25) is 5.91 Å². The minimum Gasteiger partial charge on any atom is -0.445 e. The van der Waals surface area contributed by atoms with Crippen LogP contribution in [0.25, 0.3) is 0 Å². The zero-order chi connectivity index (χ0) is 18.4. The Labute approximate surface area is 155 Å². The Bertz CT molecular complexity index is 600. The summed E-state index contributed by atoms with van der Waals surface area (Å²) in [7, 11) is 0. The first-order valence-electron chi connectivity index (χ1n) is 9.59. The number of ether oxygens (including phenoxy) is 1. The lowest BCUT2D eigenvalue weighted by Gasteiger charge is -2.36. The fourth-order valence-corrected chi connectivity index (χ4v) is 3.71. The lowest BCUT2D eigenvalue weighted by molar-refractivity contribution is -0.135. The normalized spacial score (nSPS) is 21.5. The zero-order valence-corrected chi connectivity index (χ0v) is 15.5. The number of benzene rings is 1. The van der Waals surface area contributed by atoms with Crippen LogP contribution in [0.5, 0.6) is 0 Å². The number of carbonyl (C=O) groups is 2. The van der Waals surface area contributed by atoms with Gasteiger partial charge in [-0.2, -0.15) is 0 Å². The van der Waals surface area contributed by atoms with Crippen molar-refractivity contribution in [3.8, 4) is 0 Å². The van der Waals surface area contributed by atoms with E-state index in [9.17, 15) is 9.59 Å². The highest BCUT2D eigenvalue weighted by molar-refractivity contribution is 5.77. The number of amides is 2. The van der Waals surface area contributed by atoms with Gasteiger partial charge >= 0.3 is 6.09 Å². The number of rotatable bonds is 4. The lowest BCUT2D eigenvalue weighted by atomic mass is 9.93. The van der Waals surface area contributed by atoms with Gasteiger partial charge in [0.15, 0.2) is 0 Å². The van der Waals surface area contributed by atoms with E-state index in [4.69, 9.17) is 4.74 Å².